The van der Waals surface area contributed by atoms with Gasteiger partial charge in [-0.15, -0.1) is 0 Å². The largest absolute Gasteiger partial charge is 0.393 e. The molecule has 0 fully saturated rings. The minimum atomic E-state index is -1.90. The van der Waals surface area contributed by atoms with Crippen molar-refractivity contribution in [2.45, 2.75) is 12.2 Å². The maximum atomic E-state index is 10.9. The maximum absolute atomic E-state index is 10.9. The molecule has 0 saturated heterocycles. The minimum absolute atomic E-state index is 0.420. The number of rotatable bonds is 6. The Balaban J connectivity index is 4.29. The van der Waals surface area contributed by atoms with Crippen molar-refractivity contribution in [2.24, 2.45) is 0 Å². The second kappa shape index (κ2) is 8.87. The second-order valence-corrected chi connectivity index (χ2v) is 3.21. The highest BCUT2D eigenvalue weighted by molar-refractivity contribution is 5.99. The number of esters is 4. The van der Waals surface area contributed by atoms with Gasteiger partial charge in [-0.25, -0.2) is 19.2 Å². The molecule has 10 nitrogen and oxygen atoms in total. The first-order valence-corrected chi connectivity index (χ1v) is 5.09. The summed E-state index contributed by atoms with van der Waals surface area (Å²) in [6, 6.07) is 0. The van der Waals surface area contributed by atoms with Gasteiger partial charge in [0.2, 0.25) is 0 Å². The van der Waals surface area contributed by atoms with Gasteiger partial charge in [-0.3, -0.25) is 0 Å². The van der Waals surface area contributed by atoms with Gasteiger partial charge in [-0.1, -0.05) is 0 Å². The van der Waals surface area contributed by atoms with E-state index in [0.717, 1.165) is 0 Å². The summed E-state index contributed by atoms with van der Waals surface area (Å²) in [4.78, 5) is 43.5. The lowest BCUT2D eigenvalue weighted by molar-refractivity contribution is -0.166. The summed E-state index contributed by atoms with van der Waals surface area (Å²) >= 11 is 0. The molecule has 20 heavy (non-hydrogen) atoms. The molecule has 0 aliphatic carbocycles. The van der Waals surface area contributed by atoms with Crippen molar-refractivity contribution in [2.75, 3.05) is 13.2 Å². The first-order chi connectivity index (χ1) is 9.31. The Morgan fingerprint density at radius 3 is 1.35 bits per heavy atom. The van der Waals surface area contributed by atoms with Crippen molar-refractivity contribution in [1.29, 1.82) is 0 Å². The summed E-state index contributed by atoms with van der Waals surface area (Å²) in [7, 11) is 0. The average Bonchev–Trinajstić information content (AvgIpc) is 2.42. The SMILES string of the molecule is O=C(/C=C\C(=O)OC(=O)C(O)CO)OC(=O)C(O)CO. The fraction of sp³-hybridized carbons (Fsp3) is 0.400. The highest BCUT2D eigenvalue weighted by atomic mass is 16.6. The monoisotopic (exact) mass is 292 g/mol. The van der Waals surface area contributed by atoms with Gasteiger partial charge in [-0.05, 0) is 0 Å². The zero-order valence-electron chi connectivity index (χ0n) is 9.96. The molecule has 0 aliphatic heterocycles. The fourth-order valence-corrected chi connectivity index (χ4v) is 0.688. The van der Waals surface area contributed by atoms with E-state index in [1.165, 1.54) is 0 Å². The van der Waals surface area contributed by atoms with Crippen molar-refractivity contribution in [3.8, 4) is 0 Å². The highest BCUT2D eigenvalue weighted by Crippen LogP contribution is 1.93. The molecule has 0 amide bonds. The van der Waals surface area contributed by atoms with Crippen molar-refractivity contribution >= 4 is 23.9 Å². The Bertz CT molecular complexity index is 374. The summed E-state index contributed by atoms with van der Waals surface area (Å²) < 4.78 is 7.94. The van der Waals surface area contributed by atoms with Crippen LogP contribution in [0.2, 0.25) is 0 Å². The molecule has 4 N–H and O–H groups in total. The lowest BCUT2D eigenvalue weighted by Gasteiger charge is -2.04. The van der Waals surface area contributed by atoms with Crippen LogP contribution < -0.4 is 0 Å². The Hall–Kier alpha value is -2.14. The second-order valence-electron chi connectivity index (χ2n) is 3.21. The predicted molar refractivity (Wildman–Crippen MR) is 57.5 cm³/mol. The van der Waals surface area contributed by atoms with E-state index in [9.17, 15) is 19.2 Å². The van der Waals surface area contributed by atoms with Gasteiger partial charge in [0.1, 0.15) is 0 Å². The van der Waals surface area contributed by atoms with Gasteiger partial charge in [0, 0.05) is 12.2 Å². The Morgan fingerprint density at radius 2 is 1.10 bits per heavy atom. The Labute approximate surface area is 111 Å². The van der Waals surface area contributed by atoms with Crippen LogP contribution in [0.3, 0.4) is 0 Å². The van der Waals surface area contributed by atoms with E-state index in [1.54, 1.807) is 0 Å². The third-order valence-electron chi connectivity index (χ3n) is 1.65. The van der Waals surface area contributed by atoms with Crippen LogP contribution in [-0.4, -0.2) is 69.7 Å². The van der Waals surface area contributed by atoms with Crippen LogP contribution in [0, 0.1) is 0 Å². The molecule has 10 heteroatoms. The highest BCUT2D eigenvalue weighted by Gasteiger charge is 2.19. The van der Waals surface area contributed by atoms with E-state index in [0.29, 0.717) is 12.2 Å². The van der Waals surface area contributed by atoms with E-state index in [1.807, 2.05) is 0 Å². The lowest BCUT2D eigenvalue weighted by atomic mass is 10.4. The zero-order valence-corrected chi connectivity index (χ0v) is 9.96. The number of ether oxygens (including phenoxy) is 2. The van der Waals surface area contributed by atoms with Crippen LogP contribution in [-0.2, 0) is 28.7 Å². The summed E-state index contributed by atoms with van der Waals surface area (Å²) in [5, 5.41) is 34.3. The van der Waals surface area contributed by atoms with Crippen LogP contribution in [0.1, 0.15) is 0 Å². The summed E-state index contributed by atoms with van der Waals surface area (Å²) in [6.07, 6.45) is -2.97. The molecule has 0 aromatic rings. The molecule has 0 saturated carbocycles. The van der Waals surface area contributed by atoms with Gasteiger partial charge in [-0.2, -0.15) is 0 Å². The third-order valence-corrected chi connectivity index (χ3v) is 1.65. The smallest absolute Gasteiger partial charge is 0.345 e. The van der Waals surface area contributed by atoms with E-state index >= 15 is 0 Å². The van der Waals surface area contributed by atoms with Crippen LogP contribution >= 0.6 is 0 Å². The maximum Gasteiger partial charge on any atom is 0.345 e. The number of carbonyl (C=O) groups is 4. The number of aliphatic hydroxyl groups excluding tert-OH is 4. The van der Waals surface area contributed by atoms with E-state index in [-0.39, 0.29) is 0 Å². The van der Waals surface area contributed by atoms with Crippen LogP contribution in [0.5, 0.6) is 0 Å². The Kier molecular flexibility index (Phi) is 7.93. The molecular weight excluding hydrogens is 280 g/mol. The molecule has 2 unspecified atom stereocenters. The number of aliphatic hydroxyl groups is 4. The van der Waals surface area contributed by atoms with Crippen molar-refractivity contribution in [3.05, 3.63) is 12.2 Å². The van der Waals surface area contributed by atoms with Gasteiger partial charge < -0.3 is 29.9 Å². The molecule has 2 atom stereocenters. The molecule has 0 spiro atoms. The van der Waals surface area contributed by atoms with Gasteiger partial charge in [0.05, 0.1) is 13.2 Å². The normalized spacial score (nSPS) is 13.6. The lowest BCUT2D eigenvalue weighted by Crippen LogP contribution is -2.29. The molecule has 112 valence electrons. The van der Waals surface area contributed by atoms with Gasteiger partial charge in [0.15, 0.2) is 12.2 Å². The van der Waals surface area contributed by atoms with E-state index < -0.39 is 49.3 Å². The van der Waals surface area contributed by atoms with Crippen LogP contribution in [0.25, 0.3) is 0 Å². The molecule has 0 bridgehead atoms. The minimum Gasteiger partial charge on any atom is -0.393 e. The van der Waals surface area contributed by atoms with E-state index in [4.69, 9.17) is 20.4 Å². The topological polar surface area (TPSA) is 168 Å². The third kappa shape index (κ3) is 6.70. The molecule has 0 aromatic heterocycles. The number of hydrogen-bond acceptors (Lipinski definition) is 10. The summed E-state index contributed by atoms with van der Waals surface area (Å²) in [5.74, 6) is -5.56. The molecule has 0 aromatic carbocycles. The molecule has 0 radical (unpaired) electrons. The standard InChI is InChI=1S/C10H12O10/c11-3-5(13)9(17)19-7(15)1-2-8(16)20-10(18)6(14)4-12/h1-2,5-6,11-14H,3-4H2/b2-1-. The van der Waals surface area contributed by atoms with E-state index in [2.05, 4.69) is 9.47 Å². The summed E-state index contributed by atoms with van der Waals surface area (Å²) in [6.45, 7) is -1.91. The van der Waals surface area contributed by atoms with Gasteiger partial charge >= 0.3 is 23.9 Å². The van der Waals surface area contributed by atoms with Crippen molar-refractivity contribution in [3.63, 3.8) is 0 Å². The van der Waals surface area contributed by atoms with Gasteiger partial charge in [0.25, 0.3) is 0 Å². The van der Waals surface area contributed by atoms with Crippen LogP contribution in [0.4, 0.5) is 0 Å². The first kappa shape index (κ1) is 17.9. The van der Waals surface area contributed by atoms with Crippen molar-refractivity contribution < 1.29 is 49.1 Å². The molecular formula is C10H12O10. The zero-order chi connectivity index (χ0) is 15.7. The predicted octanol–water partition coefficient (Wildman–Crippen LogP) is -3.61. The molecule has 0 aliphatic rings. The fourth-order valence-electron chi connectivity index (χ4n) is 0.688. The Morgan fingerprint density at radius 1 is 0.800 bits per heavy atom. The number of hydrogen-bond donors (Lipinski definition) is 4. The van der Waals surface area contributed by atoms with Crippen LogP contribution in [0.15, 0.2) is 12.2 Å². The molecule has 0 rings (SSSR count). The number of carbonyl (C=O) groups excluding carboxylic acids is 4. The summed E-state index contributed by atoms with van der Waals surface area (Å²) in [5.41, 5.74) is 0. The van der Waals surface area contributed by atoms with Crippen molar-refractivity contribution in [1.82, 2.24) is 0 Å². The molecule has 0 heterocycles. The average molecular weight is 292 g/mol. The quantitative estimate of drug-likeness (QED) is 0.218. The first-order valence-electron chi connectivity index (χ1n) is 5.09.